The van der Waals surface area contributed by atoms with Crippen molar-refractivity contribution in [1.82, 2.24) is 4.98 Å². The van der Waals surface area contributed by atoms with E-state index in [1.54, 1.807) is 18.2 Å². The lowest BCUT2D eigenvalue weighted by Crippen LogP contribution is -2.13. The molecular weight excluding hydrogens is 252 g/mol. The van der Waals surface area contributed by atoms with E-state index in [-0.39, 0.29) is 10.6 Å². The molecule has 1 aromatic carbocycles. The highest BCUT2D eigenvalue weighted by Crippen LogP contribution is 2.40. The number of H-pyrrole nitrogens is 1. The standard InChI is InChI=1S/C16H18N2O2/c1-16(2)7-5-11(6-8-16)14-10-17-15-4-3-12(18(19)20)9-13(14)15/h3-5,9-10,17H,6-8H2,1-2H3. The van der Waals surface area contributed by atoms with E-state index in [0.717, 1.165) is 35.7 Å². The van der Waals surface area contributed by atoms with Crippen molar-refractivity contribution in [3.63, 3.8) is 0 Å². The number of nitro groups is 1. The van der Waals surface area contributed by atoms with E-state index in [2.05, 4.69) is 24.9 Å². The average Bonchev–Trinajstić information content (AvgIpc) is 2.81. The molecule has 1 heterocycles. The molecule has 0 bridgehead atoms. The molecule has 1 aromatic heterocycles. The number of rotatable bonds is 2. The fourth-order valence-corrected chi connectivity index (χ4v) is 2.81. The molecule has 2 aromatic rings. The van der Waals surface area contributed by atoms with Crippen LogP contribution in [0.1, 0.15) is 38.7 Å². The predicted molar refractivity (Wildman–Crippen MR) is 80.6 cm³/mol. The monoisotopic (exact) mass is 270 g/mol. The van der Waals surface area contributed by atoms with Crippen LogP contribution in [0, 0.1) is 15.5 Å². The molecule has 1 aliphatic carbocycles. The van der Waals surface area contributed by atoms with E-state index < -0.39 is 0 Å². The van der Waals surface area contributed by atoms with E-state index >= 15 is 0 Å². The van der Waals surface area contributed by atoms with Gasteiger partial charge in [0.25, 0.3) is 5.69 Å². The van der Waals surface area contributed by atoms with Crippen LogP contribution >= 0.6 is 0 Å². The maximum absolute atomic E-state index is 10.9. The van der Waals surface area contributed by atoms with Crippen LogP contribution < -0.4 is 0 Å². The first-order valence-corrected chi connectivity index (χ1v) is 6.91. The van der Waals surface area contributed by atoms with Crippen molar-refractivity contribution in [2.24, 2.45) is 5.41 Å². The summed E-state index contributed by atoms with van der Waals surface area (Å²) < 4.78 is 0. The van der Waals surface area contributed by atoms with Crippen molar-refractivity contribution < 1.29 is 4.92 Å². The second kappa shape index (κ2) is 4.47. The number of non-ortho nitro benzene ring substituents is 1. The summed E-state index contributed by atoms with van der Waals surface area (Å²) in [6.07, 6.45) is 7.50. The number of fused-ring (bicyclic) bond motifs is 1. The molecule has 0 fully saturated rings. The minimum Gasteiger partial charge on any atom is -0.361 e. The van der Waals surface area contributed by atoms with Gasteiger partial charge in [0.05, 0.1) is 4.92 Å². The Kier molecular flexibility index (Phi) is 2.89. The molecule has 0 saturated carbocycles. The van der Waals surface area contributed by atoms with E-state index in [0.29, 0.717) is 5.41 Å². The van der Waals surface area contributed by atoms with Crippen LogP contribution in [0.4, 0.5) is 5.69 Å². The molecular formula is C16H18N2O2. The smallest absolute Gasteiger partial charge is 0.270 e. The Morgan fingerprint density at radius 3 is 2.80 bits per heavy atom. The van der Waals surface area contributed by atoms with Crippen molar-refractivity contribution in [2.45, 2.75) is 33.1 Å². The molecule has 1 N–H and O–H groups in total. The molecule has 0 spiro atoms. The molecule has 20 heavy (non-hydrogen) atoms. The van der Waals surface area contributed by atoms with Crippen molar-refractivity contribution in [3.05, 3.63) is 46.1 Å². The fourth-order valence-electron chi connectivity index (χ4n) is 2.81. The summed E-state index contributed by atoms with van der Waals surface area (Å²) in [4.78, 5) is 13.8. The van der Waals surface area contributed by atoms with E-state index in [1.165, 1.54) is 5.57 Å². The molecule has 4 heteroatoms. The van der Waals surface area contributed by atoms with Gasteiger partial charge < -0.3 is 4.98 Å². The van der Waals surface area contributed by atoms with Gasteiger partial charge in [0.1, 0.15) is 0 Å². The zero-order valence-electron chi connectivity index (χ0n) is 11.8. The van der Waals surface area contributed by atoms with E-state index in [9.17, 15) is 10.1 Å². The maximum Gasteiger partial charge on any atom is 0.270 e. The highest BCUT2D eigenvalue weighted by Gasteiger charge is 2.23. The lowest BCUT2D eigenvalue weighted by molar-refractivity contribution is -0.384. The Morgan fingerprint density at radius 2 is 2.15 bits per heavy atom. The van der Waals surface area contributed by atoms with Crippen LogP contribution in [-0.2, 0) is 0 Å². The van der Waals surface area contributed by atoms with Crippen molar-refractivity contribution in [2.75, 3.05) is 0 Å². The molecule has 104 valence electrons. The van der Waals surface area contributed by atoms with Crippen LogP contribution in [0.2, 0.25) is 0 Å². The van der Waals surface area contributed by atoms with Crippen LogP contribution in [0.5, 0.6) is 0 Å². The number of allylic oxidation sites excluding steroid dienone is 2. The van der Waals surface area contributed by atoms with Gasteiger partial charge in [0.2, 0.25) is 0 Å². The van der Waals surface area contributed by atoms with Gasteiger partial charge in [-0.3, -0.25) is 10.1 Å². The summed E-state index contributed by atoms with van der Waals surface area (Å²) in [5.41, 5.74) is 3.88. The third-order valence-electron chi connectivity index (χ3n) is 4.19. The molecule has 0 saturated heterocycles. The van der Waals surface area contributed by atoms with Gasteiger partial charge in [0.15, 0.2) is 0 Å². The summed E-state index contributed by atoms with van der Waals surface area (Å²) in [5, 5.41) is 11.9. The van der Waals surface area contributed by atoms with Crippen molar-refractivity contribution in [1.29, 1.82) is 0 Å². The third-order valence-corrected chi connectivity index (χ3v) is 4.19. The largest absolute Gasteiger partial charge is 0.361 e. The van der Waals surface area contributed by atoms with Crippen LogP contribution in [0.3, 0.4) is 0 Å². The van der Waals surface area contributed by atoms with Gasteiger partial charge in [0, 0.05) is 34.8 Å². The molecule has 4 nitrogen and oxygen atoms in total. The summed E-state index contributed by atoms with van der Waals surface area (Å²) >= 11 is 0. The zero-order chi connectivity index (χ0) is 14.3. The first-order chi connectivity index (χ1) is 9.46. The van der Waals surface area contributed by atoms with Crippen LogP contribution in [0.15, 0.2) is 30.5 Å². The second-order valence-electron chi connectivity index (χ2n) is 6.29. The van der Waals surface area contributed by atoms with Gasteiger partial charge >= 0.3 is 0 Å². The normalized spacial score (nSPS) is 18.0. The van der Waals surface area contributed by atoms with E-state index in [1.807, 2.05) is 6.20 Å². The molecule has 0 unspecified atom stereocenters. The lowest BCUT2D eigenvalue weighted by atomic mass is 9.77. The Balaban J connectivity index is 2.06. The molecule has 0 amide bonds. The average molecular weight is 270 g/mol. The summed E-state index contributed by atoms with van der Waals surface area (Å²) in [5.74, 6) is 0. The number of nitro benzene ring substituents is 1. The second-order valence-corrected chi connectivity index (χ2v) is 6.29. The SMILES string of the molecule is CC1(C)CC=C(c2c[nH]c3ccc([N+](=O)[O-])cc23)CC1. The quantitative estimate of drug-likeness (QED) is 0.636. The van der Waals surface area contributed by atoms with Crippen molar-refractivity contribution >= 4 is 22.2 Å². The number of hydrogen-bond acceptors (Lipinski definition) is 2. The Morgan fingerprint density at radius 1 is 1.35 bits per heavy atom. The first-order valence-electron chi connectivity index (χ1n) is 6.91. The molecule has 1 aliphatic rings. The first kappa shape index (κ1) is 12.9. The zero-order valence-corrected chi connectivity index (χ0v) is 11.8. The fraction of sp³-hybridized carbons (Fsp3) is 0.375. The van der Waals surface area contributed by atoms with Crippen molar-refractivity contribution in [3.8, 4) is 0 Å². The van der Waals surface area contributed by atoms with Crippen LogP contribution in [-0.4, -0.2) is 9.91 Å². The minimum atomic E-state index is -0.339. The number of nitrogens with zero attached hydrogens (tertiary/aromatic N) is 1. The number of hydrogen-bond donors (Lipinski definition) is 1. The number of benzene rings is 1. The number of nitrogens with one attached hydrogen (secondary N) is 1. The minimum absolute atomic E-state index is 0.148. The Bertz CT molecular complexity index is 710. The number of aromatic nitrogens is 1. The van der Waals surface area contributed by atoms with Gasteiger partial charge in [-0.25, -0.2) is 0 Å². The van der Waals surface area contributed by atoms with Gasteiger partial charge in [-0.2, -0.15) is 0 Å². The highest BCUT2D eigenvalue weighted by molar-refractivity contribution is 5.94. The molecule has 0 atom stereocenters. The predicted octanol–water partition coefficient (Wildman–Crippen LogP) is 4.67. The molecule has 0 aliphatic heterocycles. The Hall–Kier alpha value is -2.10. The van der Waals surface area contributed by atoms with Gasteiger partial charge in [-0.05, 0) is 36.3 Å². The van der Waals surface area contributed by atoms with Gasteiger partial charge in [-0.1, -0.05) is 19.9 Å². The number of aromatic amines is 1. The van der Waals surface area contributed by atoms with Gasteiger partial charge in [-0.15, -0.1) is 0 Å². The Labute approximate surface area is 117 Å². The maximum atomic E-state index is 10.9. The van der Waals surface area contributed by atoms with E-state index in [4.69, 9.17) is 0 Å². The summed E-state index contributed by atoms with van der Waals surface area (Å²) in [6, 6.07) is 4.99. The topological polar surface area (TPSA) is 58.9 Å². The summed E-state index contributed by atoms with van der Waals surface area (Å²) in [6.45, 7) is 4.56. The third kappa shape index (κ3) is 2.22. The molecule has 0 radical (unpaired) electrons. The lowest BCUT2D eigenvalue weighted by Gasteiger charge is -2.28. The van der Waals surface area contributed by atoms with Crippen LogP contribution in [0.25, 0.3) is 16.5 Å². The molecule has 3 rings (SSSR count). The highest BCUT2D eigenvalue weighted by atomic mass is 16.6. The summed E-state index contributed by atoms with van der Waals surface area (Å²) in [7, 11) is 0.